The Morgan fingerprint density at radius 3 is 2.37 bits per heavy atom. The van der Waals surface area contributed by atoms with Crippen LogP contribution in [0.2, 0.25) is 0 Å². The summed E-state index contributed by atoms with van der Waals surface area (Å²) in [6.07, 6.45) is 5.19. The van der Waals surface area contributed by atoms with Gasteiger partial charge in [-0.25, -0.2) is 4.39 Å². The van der Waals surface area contributed by atoms with Crippen molar-refractivity contribution >= 4 is 39.1 Å². The van der Waals surface area contributed by atoms with Gasteiger partial charge in [-0.3, -0.25) is 19.3 Å². The number of benzene rings is 1. The van der Waals surface area contributed by atoms with Crippen molar-refractivity contribution in [2.45, 2.75) is 18.9 Å². The Morgan fingerprint density at radius 1 is 1.04 bits per heavy atom. The Bertz CT molecular complexity index is 982. The zero-order valence-corrected chi connectivity index (χ0v) is 15.2. The summed E-state index contributed by atoms with van der Waals surface area (Å²) in [7, 11) is 0. The molecule has 0 N–H and O–H groups in total. The zero-order valence-electron chi connectivity index (χ0n) is 14.4. The van der Waals surface area contributed by atoms with Gasteiger partial charge in [0.2, 0.25) is 11.8 Å². The molecule has 0 spiro atoms. The minimum atomic E-state index is -0.328. The fourth-order valence-electron chi connectivity index (χ4n) is 4.25. The SMILES string of the molecule is O=C(c1cc2cc(F)ccc2s1)N1CC(N2C(=O)[C@H]3CC=CC[C@@H]3C2=O)C1. The molecule has 2 fully saturated rings. The van der Waals surface area contributed by atoms with Crippen molar-refractivity contribution in [1.82, 2.24) is 9.80 Å². The second kappa shape index (κ2) is 5.99. The molecule has 0 unspecified atom stereocenters. The van der Waals surface area contributed by atoms with Crippen LogP contribution >= 0.6 is 11.3 Å². The molecule has 5 nitrogen and oxygen atoms in total. The van der Waals surface area contributed by atoms with Gasteiger partial charge in [0.05, 0.1) is 22.8 Å². The summed E-state index contributed by atoms with van der Waals surface area (Å²) >= 11 is 1.33. The normalized spacial score (nSPS) is 25.2. The Labute approximate surface area is 159 Å². The van der Waals surface area contributed by atoms with Gasteiger partial charge in [0.15, 0.2) is 0 Å². The number of fused-ring (bicyclic) bond motifs is 2. The molecule has 138 valence electrons. The van der Waals surface area contributed by atoms with Gasteiger partial charge >= 0.3 is 0 Å². The maximum absolute atomic E-state index is 13.3. The molecule has 0 bridgehead atoms. The summed E-state index contributed by atoms with van der Waals surface area (Å²) < 4.78 is 14.2. The van der Waals surface area contributed by atoms with Crippen molar-refractivity contribution < 1.29 is 18.8 Å². The standard InChI is InChI=1S/C20H17FN2O3S/c21-12-5-6-16-11(7-12)8-17(27-16)20(26)22-9-13(10-22)23-18(24)14-3-1-2-4-15(14)19(23)25/h1-2,5-8,13-15H,3-4,9-10H2/t14-,15-/m0/s1. The predicted octanol–water partition coefficient (Wildman–Crippen LogP) is 2.82. The van der Waals surface area contributed by atoms with Crippen molar-refractivity contribution in [1.29, 1.82) is 0 Å². The number of likely N-dealkylation sites (tertiary alicyclic amines) is 2. The lowest BCUT2D eigenvalue weighted by molar-refractivity contribution is -0.145. The van der Waals surface area contributed by atoms with E-state index in [0.717, 1.165) is 4.70 Å². The highest BCUT2D eigenvalue weighted by Crippen LogP contribution is 2.38. The van der Waals surface area contributed by atoms with Crippen LogP contribution in [0.5, 0.6) is 0 Å². The van der Waals surface area contributed by atoms with E-state index in [2.05, 4.69) is 0 Å². The number of nitrogens with zero attached hydrogens (tertiary/aromatic N) is 2. The second-order valence-corrected chi connectivity index (χ2v) is 8.44. The summed E-state index contributed by atoms with van der Waals surface area (Å²) in [5.41, 5.74) is 0. The highest BCUT2D eigenvalue weighted by atomic mass is 32.1. The number of imide groups is 1. The van der Waals surface area contributed by atoms with Gasteiger partial charge in [-0.05, 0) is 42.5 Å². The molecule has 1 aromatic carbocycles. The fraction of sp³-hybridized carbons (Fsp3) is 0.350. The molecule has 2 aliphatic heterocycles. The van der Waals surface area contributed by atoms with Gasteiger partial charge in [0.25, 0.3) is 5.91 Å². The van der Waals surface area contributed by atoms with E-state index in [4.69, 9.17) is 0 Å². The van der Waals surface area contributed by atoms with Gasteiger partial charge in [-0.15, -0.1) is 11.3 Å². The zero-order chi connectivity index (χ0) is 18.7. The molecule has 3 heterocycles. The van der Waals surface area contributed by atoms with E-state index in [1.54, 1.807) is 17.0 Å². The van der Waals surface area contributed by atoms with Crippen LogP contribution in [0.1, 0.15) is 22.5 Å². The van der Waals surface area contributed by atoms with E-state index < -0.39 is 0 Å². The van der Waals surface area contributed by atoms with Gasteiger partial charge < -0.3 is 4.90 Å². The lowest BCUT2D eigenvalue weighted by Crippen LogP contribution is -2.62. The molecule has 5 rings (SSSR count). The van der Waals surface area contributed by atoms with Crippen LogP contribution in [0.15, 0.2) is 36.4 Å². The van der Waals surface area contributed by atoms with Crippen LogP contribution in [-0.4, -0.2) is 46.7 Å². The van der Waals surface area contributed by atoms with Crippen molar-refractivity contribution in [3.05, 3.63) is 47.1 Å². The Morgan fingerprint density at radius 2 is 1.70 bits per heavy atom. The molecule has 7 heteroatoms. The number of rotatable bonds is 2. The van der Waals surface area contributed by atoms with E-state index in [1.165, 1.54) is 28.4 Å². The maximum atomic E-state index is 13.3. The Balaban J connectivity index is 1.29. The average molecular weight is 384 g/mol. The Hall–Kier alpha value is -2.54. The van der Waals surface area contributed by atoms with E-state index in [1.807, 2.05) is 12.2 Å². The number of halogens is 1. The van der Waals surface area contributed by atoms with Gasteiger partial charge in [0, 0.05) is 17.8 Å². The number of hydrogen-bond donors (Lipinski definition) is 0. The molecule has 0 saturated carbocycles. The van der Waals surface area contributed by atoms with Gasteiger partial charge in [0.1, 0.15) is 5.82 Å². The van der Waals surface area contributed by atoms with Crippen LogP contribution in [0.25, 0.3) is 10.1 Å². The summed E-state index contributed by atoms with van der Waals surface area (Å²) in [5, 5.41) is 0.710. The molecular formula is C20H17FN2O3S. The number of carbonyl (C=O) groups is 3. The van der Waals surface area contributed by atoms with Crippen LogP contribution in [0.4, 0.5) is 4.39 Å². The predicted molar refractivity (Wildman–Crippen MR) is 98.7 cm³/mol. The van der Waals surface area contributed by atoms with Crippen LogP contribution in [-0.2, 0) is 9.59 Å². The summed E-state index contributed by atoms with van der Waals surface area (Å²) in [4.78, 5) is 41.5. The largest absolute Gasteiger partial charge is 0.334 e. The number of amides is 3. The monoisotopic (exact) mass is 384 g/mol. The van der Waals surface area contributed by atoms with E-state index in [0.29, 0.717) is 36.2 Å². The van der Waals surface area contributed by atoms with E-state index in [-0.39, 0.29) is 41.4 Å². The third kappa shape index (κ3) is 2.52. The molecule has 27 heavy (non-hydrogen) atoms. The lowest BCUT2D eigenvalue weighted by atomic mass is 9.85. The number of allylic oxidation sites excluding steroid dienone is 2. The van der Waals surface area contributed by atoms with Crippen molar-refractivity contribution in [2.24, 2.45) is 11.8 Å². The fourth-order valence-corrected chi connectivity index (χ4v) is 5.26. The van der Waals surface area contributed by atoms with Gasteiger partial charge in [-0.1, -0.05) is 12.2 Å². The average Bonchev–Trinajstić information content (AvgIpc) is 3.15. The first kappa shape index (κ1) is 16.6. The number of hydrogen-bond acceptors (Lipinski definition) is 4. The van der Waals surface area contributed by atoms with Crippen LogP contribution < -0.4 is 0 Å². The molecule has 1 aliphatic carbocycles. The van der Waals surface area contributed by atoms with Crippen molar-refractivity contribution in [3.8, 4) is 0 Å². The molecule has 3 amide bonds. The molecule has 2 atom stereocenters. The van der Waals surface area contributed by atoms with Crippen molar-refractivity contribution in [2.75, 3.05) is 13.1 Å². The minimum absolute atomic E-state index is 0.0937. The second-order valence-electron chi connectivity index (χ2n) is 7.36. The van der Waals surface area contributed by atoms with Crippen LogP contribution in [0.3, 0.4) is 0 Å². The molecule has 0 radical (unpaired) electrons. The number of thiophene rings is 1. The van der Waals surface area contributed by atoms with E-state index >= 15 is 0 Å². The maximum Gasteiger partial charge on any atom is 0.264 e. The first-order valence-corrected chi connectivity index (χ1v) is 9.85. The van der Waals surface area contributed by atoms with E-state index in [9.17, 15) is 18.8 Å². The van der Waals surface area contributed by atoms with Crippen molar-refractivity contribution in [3.63, 3.8) is 0 Å². The Kier molecular flexibility index (Phi) is 3.69. The summed E-state index contributed by atoms with van der Waals surface area (Å²) in [5.74, 6) is -1.11. The summed E-state index contributed by atoms with van der Waals surface area (Å²) in [6.45, 7) is 0.734. The quantitative estimate of drug-likeness (QED) is 0.591. The summed E-state index contributed by atoms with van der Waals surface area (Å²) in [6, 6.07) is 5.93. The highest BCUT2D eigenvalue weighted by molar-refractivity contribution is 7.20. The molecule has 1 aromatic heterocycles. The molecule has 2 aromatic rings. The van der Waals surface area contributed by atoms with Gasteiger partial charge in [-0.2, -0.15) is 0 Å². The smallest absolute Gasteiger partial charge is 0.264 e. The molecule has 3 aliphatic rings. The lowest BCUT2D eigenvalue weighted by Gasteiger charge is -2.43. The third-order valence-electron chi connectivity index (χ3n) is 5.75. The third-order valence-corrected chi connectivity index (χ3v) is 6.85. The molecular weight excluding hydrogens is 367 g/mol. The first-order chi connectivity index (χ1) is 13.0. The topological polar surface area (TPSA) is 57.7 Å². The van der Waals surface area contributed by atoms with Crippen LogP contribution in [0, 0.1) is 17.7 Å². The highest BCUT2D eigenvalue weighted by Gasteiger charge is 2.52. The molecule has 2 saturated heterocycles. The first-order valence-electron chi connectivity index (χ1n) is 9.03. The number of carbonyl (C=O) groups excluding carboxylic acids is 3. The minimum Gasteiger partial charge on any atom is -0.334 e.